The zero-order valence-corrected chi connectivity index (χ0v) is 19.3. The molecule has 0 saturated carbocycles. The number of ether oxygens (including phenoxy) is 1. The molecule has 0 radical (unpaired) electrons. The van der Waals surface area contributed by atoms with Crippen LogP contribution in [-0.4, -0.2) is 37.7 Å². The number of anilines is 1. The van der Waals surface area contributed by atoms with Crippen LogP contribution in [0.2, 0.25) is 0 Å². The highest BCUT2D eigenvalue weighted by atomic mass is 32.2. The summed E-state index contributed by atoms with van der Waals surface area (Å²) in [6.45, 7) is 1.04. The van der Waals surface area contributed by atoms with Crippen LogP contribution in [0.5, 0.6) is 5.75 Å². The summed E-state index contributed by atoms with van der Waals surface area (Å²) in [5, 5.41) is 6.36. The van der Waals surface area contributed by atoms with Gasteiger partial charge < -0.3 is 10.5 Å². The van der Waals surface area contributed by atoms with Gasteiger partial charge in [0, 0.05) is 10.8 Å². The second kappa shape index (κ2) is 8.77. The molecule has 33 heavy (non-hydrogen) atoms. The number of hydrogen-bond donors (Lipinski definition) is 1. The second-order valence-electron chi connectivity index (χ2n) is 7.10. The Hall–Kier alpha value is -3.54. The maximum atomic E-state index is 13.0. The summed E-state index contributed by atoms with van der Waals surface area (Å²) in [6, 6.07) is 12.5. The number of carbonyl (C=O) groups excluding carboxylic acids is 1. The lowest BCUT2D eigenvalue weighted by atomic mass is 10.1. The minimum Gasteiger partial charge on any atom is -0.497 e. The molecule has 0 fully saturated rings. The van der Waals surface area contributed by atoms with E-state index in [1.165, 1.54) is 19.2 Å². The molecule has 2 aromatic carbocycles. The van der Waals surface area contributed by atoms with Crippen molar-refractivity contribution in [2.75, 3.05) is 19.5 Å². The number of aryl methyl sites for hydroxylation is 1. The number of carbonyl (C=O) groups is 1. The summed E-state index contributed by atoms with van der Waals surface area (Å²) in [7, 11) is -2.65. The Bertz CT molecular complexity index is 1510. The first kappa shape index (κ1) is 22.6. The quantitative estimate of drug-likeness (QED) is 0.312. The van der Waals surface area contributed by atoms with E-state index in [1.54, 1.807) is 41.8 Å². The summed E-state index contributed by atoms with van der Waals surface area (Å²) in [6.07, 6.45) is 0. The lowest BCUT2D eigenvalue weighted by molar-refractivity contribution is 0.0920. The first-order valence-corrected chi connectivity index (χ1v) is 11.9. The number of thiophene rings is 1. The number of ketones is 1. The van der Waals surface area contributed by atoms with Crippen LogP contribution in [0, 0.1) is 6.92 Å². The van der Waals surface area contributed by atoms with Gasteiger partial charge in [-0.1, -0.05) is 17.7 Å². The molecule has 2 aromatic heterocycles. The van der Waals surface area contributed by atoms with E-state index in [0.717, 1.165) is 21.6 Å². The zero-order chi connectivity index (χ0) is 23.8. The number of nitrogens with zero attached hydrogens (tertiary/aromatic N) is 2. The van der Waals surface area contributed by atoms with Crippen LogP contribution in [-0.2, 0) is 14.3 Å². The highest BCUT2D eigenvalue weighted by Gasteiger charge is 2.23. The van der Waals surface area contributed by atoms with Crippen LogP contribution in [0.25, 0.3) is 16.5 Å². The summed E-state index contributed by atoms with van der Waals surface area (Å²) in [4.78, 5) is 25.9. The van der Waals surface area contributed by atoms with E-state index >= 15 is 0 Å². The fraction of sp³-hybridized carbons (Fsp3) is 0.136. The van der Waals surface area contributed by atoms with Crippen LogP contribution in [0.4, 0.5) is 5.00 Å². The summed E-state index contributed by atoms with van der Waals surface area (Å²) >= 11 is 1.09. The number of nitrogens with two attached hydrogens (primary N) is 1. The van der Waals surface area contributed by atoms with Crippen LogP contribution in [0.3, 0.4) is 0 Å². The van der Waals surface area contributed by atoms with Crippen molar-refractivity contribution in [3.8, 4) is 11.4 Å². The molecule has 0 amide bonds. The van der Waals surface area contributed by atoms with E-state index < -0.39 is 28.1 Å². The smallest absolute Gasteiger partial charge is 0.297 e. The molecule has 0 aliphatic heterocycles. The molecule has 0 aliphatic carbocycles. The fourth-order valence-electron chi connectivity index (χ4n) is 3.15. The molecular formula is C22H19N3O6S2. The van der Waals surface area contributed by atoms with Crippen molar-refractivity contribution in [1.29, 1.82) is 0 Å². The monoisotopic (exact) mass is 485 g/mol. The fourth-order valence-corrected chi connectivity index (χ4v) is 4.81. The van der Waals surface area contributed by atoms with Crippen LogP contribution >= 0.6 is 11.3 Å². The molecule has 4 rings (SSSR count). The van der Waals surface area contributed by atoms with Gasteiger partial charge in [-0.15, -0.1) is 11.3 Å². The third kappa shape index (κ3) is 4.38. The minimum absolute atomic E-state index is 0.0676. The summed E-state index contributed by atoms with van der Waals surface area (Å²) in [5.41, 5.74) is 6.64. The van der Waals surface area contributed by atoms with Crippen molar-refractivity contribution in [2.45, 2.75) is 11.8 Å². The molecule has 0 atom stereocenters. The third-order valence-corrected chi connectivity index (χ3v) is 7.01. The normalized spacial score (nSPS) is 11.6. The van der Waals surface area contributed by atoms with E-state index in [-0.39, 0.29) is 26.4 Å². The standard InChI is InChI=1S/C22H19N3O6S2/c1-13-3-9-16(10-4-13)33(28,29)31-11-18(26)20-17-12-32-21(23)19(17)22(27)25(24-20)14-5-7-15(30-2)8-6-14/h3-10,12H,11,23H2,1-2H3. The van der Waals surface area contributed by atoms with Crippen molar-refractivity contribution in [3.05, 3.63) is 75.5 Å². The van der Waals surface area contributed by atoms with Crippen molar-refractivity contribution in [1.82, 2.24) is 9.78 Å². The molecule has 0 saturated heterocycles. The number of fused-ring (bicyclic) bond motifs is 1. The predicted molar refractivity (Wildman–Crippen MR) is 125 cm³/mol. The molecule has 0 aliphatic rings. The Labute approximate surface area is 193 Å². The van der Waals surface area contributed by atoms with Crippen LogP contribution < -0.4 is 16.0 Å². The van der Waals surface area contributed by atoms with Gasteiger partial charge in [-0.2, -0.15) is 18.2 Å². The number of aromatic nitrogens is 2. The third-order valence-electron chi connectivity index (χ3n) is 4.92. The van der Waals surface area contributed by atoms with Crippen LogP contribution in [0.15, 0.2) is 63.6 Å². The van der Waals surface area contributed by atoms with Gasteiger partial charge in [0.1, 0.15) is 18.1 Å². The molecule has 2 N–H and O–H groups in total. The Morgan fingerprint density at radius 1 is 1.12 bits per heavy atom. The molecule has 11 heteroatoms. The van der Waals surface area contributed by atoms with Gasteiger partial charge in [0.25, 0.3) is 15.7 Å². The zero-order valence-electron chi connectivity index (χ0n) is 17.6. The average Bonchev–Trinajstić information content (AvgIpc) is 3.20. The van der Waals surface area contributed by atoms with Crippen molar-refractivity contribution >= 4 is 43.0 Å². The molecule has 0 spiro atoms. The van der Waals surface area contributed by atoms with E-state index in [1.807, 2.05) is 6.92 Å². The molecule has 170 valence electrons. The number of rotatable bonds is 7. The van der Waals surface area contributed by atoms with Gasteiger partial charge in [-0.3, -0.25) is 13.8 Å². The summed E-state index contributed by atoms with van der Waals surface area (Å²) in [5.74, 6) is -0.135. The van der Waals surface area contributed by atoms with Gasteiger partial charge in [-0.25, -0.2) is 0 Å². The first-order chi connectivity index (χ1) is 15.7. The average molecular weight is 486 g/mol. The number of nitrogen functional groups attached to an aromatic ring is 1. The van der Waals surface area contributed by atoms with E-state index in [2.05, 4.69) is 5.10 Å². The van der Waals surface area contributed by atoms with Gasteiger partial charge in [0.15, 0.2) is 0 Å². The largest absolute Gasteiger partial charge is 0.497 e. The highest BCUT2D eigenvalue weighted by Crippen LogP contribution is 2.28. The number of benzene rings is 2. The maximum absolute atomic E-state index is 13.0. The molecule has 4 aromatic rings. The van der Waals surface area contributed by atoms with E-state index in [4.69, 9.17) is 14.7 Å². The van der Waals surface area contributed by atoms with Crippen LogP contribution in [0.1, 0.15) is 16.1 Å². The van der Waals surface area contributed by atoms with Gasteiger partial charge in [0.2, 0.25) is 5.78 Å². The molecule has 9 nitrogen and oxygen atoms in total. The maximum Gasteiger partial charge on any atom is 0.297 e. The molecule has 0 unspecified atom stereocenters. The predicted octanol–water partition coefficient (Wildman–Crippen LogP) is 2.93. The highest BCUT2D eigenvalue weighted by molar-refractivity contribution is 7.86. The number of Topliss-reactive ketones (excluding diaryl/α,β-unsaturated/α-hetero) is 1. The Morgan fingerprint density at radius 2 is 1.79 bits per heavy atom. The molecule has 0 bridgehead atoms. The Balaban J connectivity index is 1.72. The van der Waals surface area contributed by atoms with Gasteiger partial charge in [-0.05, 0) is 43.3 Å². The van der Waals surface area contributed by atoms with E-state index in [9.17, 15) is 18.0 Å². The van der Waals surface area contributed by atoms with Crippen molar-refractivity contribution < 1.29 is 22.1 Å². The lowest BCUT2D eigenvalue weighted by Crippen LogP contribution is -2.26. The minimum atomic E-state index is -4.16. The SMILES string of the molecule is COc1ccc(-n2nc(C(=O)COS(=O)(=O)c3ccc(C)cc3)c3csc(N)c3c2=O)cc1. The first-order valence-electron chi connectivity index (χ1n) is 9.65. The second-order valence-corrected chi connectivity index (χ2v) is 9.63. The van der Waals surface area contributed by atoms with Crippen molar-refractivity contribution in [2.24, 2.45) is 0 Å². The van der Waals surface area contributed by atoms with Gasteiger partial charge in [0.05, 0.1) is 28.1 Å². The molecular weight excluding hydrogens is 466 g/mol. The topological polar surface area (TPSA) is 131 Å². The number of methoxy groups -OCH3 is 1. The Morgan fingerprint density at radius 3 is 2.42 bits per heavy atom. The molecule has 2 heterocycles. The summed E-state index contributed by atoms with van der Waals surface area (Å²) < 4.78 is 36.1. The lowest BCUT2D eigenvalue weighted by Gasteiger charge is -2.10. The Kier molecular flexibility index (Phi) is 6.02. The van der Waals surface area contributed by atoms with Crippen molar-refractivity contribution in [3.63, 3.8) is 0 Å². The number of hydrogen-bond acceptors (Lipinski definition) is 9. The van der Waals surface area contributed by atoms with E-state index in [0.29, 0.717) is 11.4 Å². The van der Waals surface area contributed by atoms with Gasteiger partial charge >= 0.3 is 0 Å².